The number of nitrogens with zero attached hydrogens (tertiary/aromatic N) is 2. The van der Waals surface area contributed by atoms with E-state index in [1.54, 1.807) is 24.3 Å². The van der Waals surface area contributed by atoms with Crippen LogP contribution in [0.4, 0.5) is 11.4 Å². The highest BCUT2D eigenvalue weighted by Gasteiger charge is 2.40. The Balaban J connectivity index is 1.29. The van der Waals surface area contributed by atoms with Crippen molar-refractivity contribution >= 4 is 17.2 Å². The van der Waals surface area contributed by atoms with E-state index in [1.165, 1.54) is 72.4 Å². The molecule has 252 valence electrons. The van der Waals surface area contributed by atoms with Crippen molar-refractivity contribution in [3.63, 3.8) is 0 Å². The first kappa shape index (κ1) is 36.5. The third-order valence-electron chi connectivity index (χ3n) is 9.49. The van der Waals surface area contributed by atoms with Crippen LogP contribution >= 0.6 is 0 Å². The van der Waals surface area contributed by atoms with Gasteiger partial charge in [-0.25, -0.2) is 0 Å². The Hall–Kier alpha value is -4.37. The predicted molar refractivity (Wildman–Crippen MR) is 209 cm³/mol. The average molecular weight is 641 g/mol. The van der Waals surface area contributed by atoms with Crippen LogP contribution in [-0.2, 0) is 15.6 Å². The molecule has 4 rings (SSSR count). The van der Waals surface area contributed by atoms with Gasteiger partial charge in [0.2, 0.25) is 0 Å². The molecule has 2 aromatic rings. The topological polar surface area (TPSA) is 23.6 Å². The minimum atomic E-state index is -0.0390. The molecule has 0 aliphatic carbocycles. The summed E-state index contributed by atoms with van der Waals surface area (Å²) in [5.41, 5.74) is 8.02. The van der Waals surface area contributed by atoms with Gasteiger partial charge in [-0.15, -0.1) is 0 Å². The molecule has 2 aliphatic rings. The van der Waals surface area contributed by atoms with Crippen molar-refractivity contribution in [2.45, 2.75) is 90.9 Å². The fourth-order valence-electron chi connectivity index (χ4n) is 6.84. The summed E-state index contributed by atoms with van der Waals surface area (Å²) in [7, 11) is 0. The Morgan fingerprint density at radius 1 is 0.542 bits per heavy atom. The van der Waals surface area contributed by atoms with Crippen molar-refractivity contribution in [3.05, 3.63) is 156 Å². The number of benzene rings is 2. The molecule has 0 atom stereocenters. The van der Waals surface area contributed by atoms with Crippen LogP contribution in [0.2, 0.25) is 0 Å². The summed E-state index contributed by atoms with van der Waals surface area (Å²) >= 11 is 0. The number of carbonyl (C=O) groups is 1. The maximum atomic E-state index is 12.3. The summed E-state index contributed by atoms with van der Waals surface area (Å²) in [6, 6.07) is 17.6. The van der Waals surface area contributed by atoms with Crippen LogP contribution < -0.4 is 9.80 Å². The third-order valence-corrected chi connectivity index (χ3v) is 9.49. The van der Waals surface area contributed by atoms with Crippen LogP contribution in [0.3, 0.4) is 0 Å². The van der Waals surface area contributed by atoms with Crippen LogP contribution in [0.15, 0.2) is 145 Å². The van der Waals surface area contributed by atoms with Gasteiger partial charge >= 0.3 is 0 Å². The van der Waals surface area contributed by atoms with Crippen molar-refractivity contribution in [1.82, 2.24) is 0 Å². The van der Waals surface area contributed by atoms with Gasteiger partial charge in [-0.1, -0.05) is 164 Å². The zero-order chi connectivity index (χ0) is 34.4. The smallest absolute Gasteiger partial charge is 0.178 e. The van der Waals surface area contributed by atoms with Gasteiger partial charge in [0.15, 0.2) is 5.78 Å². The minimum absolute atomic E-state index is 0.0362. The second-order valence-electron chi connectivity index (χ2n) is 13.8. The van der Waals surface area contributed by atoms with Crippen LogP contribution in [0.5, 0.6) is 0 Å². The number of carbonyl (C=O) groups excluding carboxylic acids is 1. The van der Waals surface area contributed by atoms with Crippen molar-refractivity contribution in [2.24, 2.45) is 0 Å². The summed E-state index contributed by atoms with van der Waals surface area (Å²) in [6.45, 7) is 15.8. The standard InChI is InChI=1S/C45H56N2O/c1-7-9-25-35-46-40-31-23-21-29-38(40)44(3,4)42(46)33-19-15-11-13-17-27-37(48)28-18-14-12-16-20-34-43-45(5,6)39-30-22-24-32-41(39)47(43)36-26-10-8-2/h11-24,27-34H,7-10,25-26,35-36H2,1-6H3/b13-11+,14-12+,19-15+,20-16+,27-17+,28-18+,42-33+,43-34+. The summed E-state index contributed by atoms with van der Waals surface area (Å²) in [5.74, 6) is -0.0390. The van der Waals surface area contributed by atoms with E-state index in [9.17, 15) is 4.79 Å². The van der Waals surface area contributed by atoms with Gasteiger partial charge in [0.25, 0.3) is 0 Å². The van der Waals surface area contributed by atoms with E-state index in [0.717, 1.165) is 13.1 Å². The molecule has 2 heterocycles. The van der Waals surface area contributed by atoms with Gasteiger partial charge in [-0.2, -0.15) is 0 Å². The lowest BCUT2D eigenvalue weighted by atomic mass is 9.84. The van der Waals surface area contributed by atoms with Crippen LogP contribution in [0.25, 0.3) is 0 Å². The maximum Gasteiger partial charge on any atom is 0.178 e. The van der Waals surface area contributed by atoms with E-state index in [0.29, 0.717) is 0 Å². The summed E-state index contributed by atoms with van der Waals surface area (Å²) in [4.78, 5) is 17.3. The summed E-state index contributed by atoms with van der Waals surface area (Å²) < 4.78 is 0. The molecular formula is C45H56N2O. The van der Waals surface area contributed by atoms with E-state index in [4.69, 9.17) is 0 Å². The number of anilines is 2. The Labute approximate surface area is 291 Å². The summed E-state index contributed by atoms with van der Waals surface area (Å²) in [5, 5.41) is 0. The van der Waals surface area contributed by atoms with E-state index < -0.39 is 0 Å². The van der Waals surface area contributed by atoms with Gasteiger partial charge < -0.3 is 9.80 Å². The Kier molecular flexibility index (Phi) is 13.4. The van der Waals surface area contributed by atoms with Crippen molar-refractivity contribution < 1.29 is 4.79 Å². The first-order valence-electron chi connectivity index (χ1n) is 18.0. The number of para-hydroxylation sites is 2. The van der Waals surface area contributed by atoms with E-state index in [2.05, 4.69) is 124 Å². The number of fused-ring (bicyclic) bond motifs is 2. The molecule has 0 aromatic heterocycles. The number of allylic oxidation sites excluding steroid dienone is 16. The molecule has 0 radical (unpaired) electrons. The first-order valence-corrected chi connectivity index (χ1v) is 18.0. The monoisotopic (exact) mass is 640 g/mol. The minimum Gasteiger partial charge on any atom is -0.344 e. The molecule has 0 spiro atoms. The molecule has 3 heteroatoms. The van der Waals surface area contributed by atoms with Crippen LogP contribution in [-0.4, -0.2) is 18.9 Å². The SMILES string of the molecule is CCCCCN1/C(=C/C=C/C=C/C=C/C(=O)/C=C/C=C/C=C/C=C2/N(CCCCC)c3ccccc3C2(C)C)C(C)(C)c2ccccc21. The van der Waals surface area contributed by atoms with Crippen molar-refractivity contribution in [3.8, 4) is 0 Å². The molecule has 2 aliphatic heterocycles. The van der Waals surface area contributed by atoms with Gasteiger partial charge in [0.1, 0.15) is 0 Å². The predicted octanol–water partition coefficient (Wildman–Crippen LogP) is 11.6. The van der Waals surface area contributed by atoms with E-state index in [-0.39, 0.29) is 16.6 Å². The molecule has 0 saturated heterocycles. The highest BCUT2D eigenvalue weighted by Crippen LogP contribution is 2.48. The zero-order valence-corrected chi connectivity index (χ0v) is 30.2. The molecule has 0 amide bonds. The van der Waals surface area contributed by atoms with Gasteiger partial charge in [-0.3, -0.25) is 4.79 Å². The molecule has 0 saturated carbocycles. The molecule has 0 bridgehead atoms. The van der Waals surface area contributed by atoms with Crippen molar-refractivity contribution in [1.29, 1.82) is 0 Å². The van der Waals surface area contributed by atoms with E-state index in [1.807, 2.05) is 36.5 Å². The lowest BCUT2D eigenvalue weighted by molar-refractivity contribution is -0.110. The average Bonchev–Trinajstić information content (AvgIpc) is 3.42. The molecule has 0 unspecified atom stereocenters. The molecule has 0 N–H and O–H groups in total. The summed E-state index contributed by atoms with van der Waals surface area (Å²) in [6.07, 6.45) is 34.5. The Bertz CT molecular complexity index is 1500. The lowest BCUT2D eigenvalue weighted by Gasteiger charge is -2.27. The van der Waals surface area contributed by atoms with Gasteiger partial charge in [0, 0.05) is 46.7 Å². The quantitative estimate of drug-likeness (QED) is 0.104. The van der Waals surface area contributed by atoms with Crippen molar-refractivity contribution in [2.75, 3.05) is 22.9 Å². The van der Waals surface area contributed by atoms with E-state index >= 15 is 0 Å². The highest BCUT2D eigenvalue weighted by atomic mass is 16.1. The Morgan fingerprint density at radius 2 is 0.917 bits per heavy atom. The molecular weight excluding hydrogens is 585 g/mol. The number of hydrogen-bond acceptors (Lipinski definition) is 3. The molecule has 2 aromatic carbocycles. The first-order chi connectivity index (χ1) is 23.2. The maximum absolute atomic E-state index is 12.3. The second kappa shape index (κ2) is 17.7. The van der Waals surface area contributed by atoms with Crippen LogP contribution in [0, 0.1) is 0 Å². The molecule has 3 nitrogen and oxygen atoms in total. The third kappa shape index (κ3) is 8.95. The number of hydrogen-bond donors (Lipinski definition) is 0. The highest BCUT2D eigenvalue weighted by molar-refractivity contribution is 5.99. The lowest BCUT2D eigenvalue weighted by Crippen LogP contribution is -2.27. The number of unbranched alkanes of at least 4 members (excludes halogenated alkanes) is 4. The largest absolute Gasteiger partial charge is 0.344 e. The number of ketones is 1. The Morgan fingerprint density at radius 3 is 1.33 bits per heavy atom. The fourth-order valence-corrected chi connectivity index (χ4v) is 6.84. The zero-order valence-electron chi connectivity index (χ0n) is 30.2. The van der Waals surface area contributed by atoms with Gasteiger partial charge in [-0.05, 0) is 60.4 Å². The molecule has 0 fully saturated rings. The molecule has 48 heavy (non-hydrogen) atoms. The number of rotatable bonds is 16. The fraction of sp³-hybridized carbons (Fsp3) is 0.356. The second-order valence-corrected chi connectivity index (χ2v) is 13.8. The normalized spacial score (nSPS) is 18.8. The van der Waals surface area contributed by atoms with Crippen LogP contribution in [0.1, 0.15) is 91.2 Å². The van der Waals surface area contributed by atoms with Gasteiger partial charge in [0.05, 0.1) is 0 Å².